The molecule has 2 unspecified atom stereocenters. The number of nitrogens with zero attached hydrogens (tertiary/aromatic N) is 1. The molecular weight excluding hydrogens is 289 g/mol. The Morgan fingerprint density at radius 1 is 1.15 bits per heavy atom. The molecule has 1 rings (SSSR count). The molecule has 20 heavy (non-hydrogen) atoms. The summed E-state index contributed by atoms with van der Waals surface area (Å²) in [4.78, 5) is 2.34. The summed E-state index contributed by atoms with van der Waals surface area (Å²) in [5.74, 6) is 0.602. The lowest BCUT2D eigenvalue weighted by Gasteiger charge is -2.35. The summed E-state index contributed by atoms with van der Waals surface area (Å²) in [6, 6.07) is 7.56. The van der Waals surface area contributed by atoms with Crippen molar-refractivity contribution in [3.8, 4) is 0 Å². The van der Waals surface area contributed by atoms with E-state index < -0.39 is 0 Å². The molecule has 1 aromatic rings. The highest BCUT2D eigenvalue weighted by molar-refractivity contribution is 8.22. The van der Waals surface area contributed by atoms with Gasteiger partial charge >= 0.3 is 0 Å². The van der Waals surface area contributed by atoms with Crippen LogP contribution >= 0.6 is 24.0 Å². The largest absolute Gasteiger partial charge is 0.352 e. The van der Waals surface area contributed by atoms with Gasteiger partial charge in [0.15, 0.2) is 0 Å². The molecule has 0 aliphatic carbocycles. The second-order valence-corrected chi connectivity index (χ2v) is 6.71. The molecule has 0 amide bonds. The van der Waals surface area contributed by atoms with E-state index in [1.165, 1.54) is 12.1 Å². The van der Waals surface area contributed by atoms with Crippen molar-refractivity contribution in [1.29, 1.82) is 0 Å². The quantitative estimate of drug-likeness (QED) is 0.661. The van der Waals surface area contributed by atoms with E-state index in [1.807, 2.05) is 12.1 Å². The highest BCUT2D eigenvalue weighted by atomic mass is 32.2. The van der Waals surface area contributed by atoms with Gasteiger partial charge in [0, 0.05) is 17.8 Å². The van der Waals surface area contributed by atoms with Gasteiger partial charge in [-0.25, -0.2) is 4.39 Å². The molecule has 0 heterocycles. The van der Waals surface area contributed by atoms with Gasteiger partial charge in [-0.05, 0) is 44.4 Å². The number of rotatable bonds is 6. The monoisotopic (exact) mass is 313 g/mol. The van der Waals surface area contributed by atoms with Crippen LogP contribution in [0.1, 0.15) is 46.1 Å². The first-order valence-corrected chi connectivity index (χ1v) is 8.58. The Morgan fingerprint density at radius 3 is 2.10 bits per heavy atom. The van der Waals surface area contributed by atoms with Gasteiger partial charge in [0.1, 0.15) is 10.1 Å². The standard InChI is InChI=1S/C16H24FNS2/c1-5-12(3)18(13(4)6-2)16(19)20-11-14-7-9-15(17)10-8-14/h7-10,12-13H,5-6,11H2,1-4H3. The smallest absolute Gasteiger partial charge is 0.137 e. The van der Waals surface area contributed by atoms with Crippen LogP contribution in [0.25, 0.3) is 0 Å². The molecule has 0 fully saturated rings. The first-order valence-electron chi connectivity index (χ1n) is 7.19. The summed E-state index contributed by atoms with van der Waals surface area (Å²) in [7, 11) is 0. The Labute approximate surface area is 131 Å². The van der Waals surface area contributed by atoms with E-state index >= 15 is 0 Å². The average molecular weight is 314 g/mol. The minimum atomic E-state index is -0.192. The third kappa shape index (κ3) is 5.06. The molecule has 0 radical (unpaired) electrons. The van der Waals surface area contributed by atoms with Gasteiger partial charge in [0.25, 0.3) is 0 Å². The fraction of sp³-hybridized carbons (Fsp3) is 0.562. The number of hydrogen-bond acceptors (Lipinski definition) is 2. The summed E-state index contributed by atoms with van der Waals surface area (Å²) in [6.07, 6.45) is 2.17. The van der Waals surface area contributed by atoms with E-state index in [1.54, 1.807) is 11.8 Å². The molecule has 0 N–H and O–H groups in total. The summed E-state index contributed by atoms with van der Waals surface area (Å²) < 4.78 is 13.8. The van der Waals surface area contributed by atoms with Crippen molar-refractivity contribution in [2.75, 3.05) is 0 Å². The van der Waals surface area contributed by atoms with Crippen molar-refractivity contribution in [1.82, 2.24) is 4.90 Å². The highest BCUT2D eigenvalue weighted by Gasteiger charge is 2.20. The summed E-state index contributed by atoms with van der Waals surface area (Å²) in [5.41, 5.74) is 1.10. The maximum atomic E-state index is 12.9. The zero-order valence-corrected chi connectivity index (χ0v) is 14.4. The van der Waals surface area contributed by atoms with Gasteiger partial charge in [-0.15, -0.1) is 0 Å². The van der Waals surface area contributed by atoms with Gasteiger partial charge < -0.3 is 4.90 Å². The minimum Gasteiger partial charge on any atom is -0.352 e. The van der Waals surface area contributed by atoms with Gasteiger partial charge in [-0.2, -0.15) is 0 Å². The van der Waals surface area contributed by atoms with Gasteiger partial charge in [0.05, 0.1) is 0 Å². The Balaban J connectivity index is 2.64. The number of thioether (sulfide) groups is 1. The van der Waals surface area contributed by atoms with E-state index in [0.29, 0.717) is 12.1 Å². The van der Waals surface area contributed by atoms with Crippen LogP contribution in [0.2, 0.25) is 0 Å². The summed E-state index contributed by atoms with van der Waals surface area (Å²) in [5, 5.41) is 0. The fourth-order valence-electron chi connectivity index (χ4n) is 1.99. The summed E-state index contributed by atoms with van der Waals surface area (Å²) in [6.45, 7) is 8.81. The van der Waals surface area contributed by atoms with Crippen LogP contribution in [0.3, 0.4) is 0 Å². The lowest BCUT2D eigenvalue weighted by Crippen LogP contribution is -2.42. The second kappa shape index (κ2) is 8.63. The topological polar surface area (TPSA) is 3.24 Å². The van der Waals surface area contributed by atoms with E-state index in [-0.39, 0.29) is 5.82 Å². The van der Waals surface area contributed by atoms with Crippen LogP contribution in [0.4, 0.5) is 4.39 Å². The van der Waals surface area contributed by atoms with Gasteiger partial charge in [-0.1, -0.05) is 50.0 Å². The molecule has 2 atom stereocenters. The van der Waals surface area contributed by atoms with Crippen molar-refractivity contribution in [2.45, 2.75) is 58.4 Å². The average Bonchev–Trinajstić information content (AvgIpc) is 2.46. The zero-order chi connectivity index (χ0) is 15.1. The molecule has 0 saturated carbocycles. The molecule has 0 aliphatic rings. The maximum Gasteiger partial charge on any atom is 0.137 e. The maximum absolute atomic E-state index is 12.9. The molecule has 1 aromatic carbocycles. The molecule has 0 spiro atoms. The predicted octanol–water partition coefficient (Wildman–Crippen LogP) is 5.24. The number of benzene rings is 1. The minimum absolute atomic E-state index is 0.192. The van der Waals surface area contributed by atoms with Crippen LogP contribution in [-0.4, -0.2) is 21.3 Å². The van der Waals surface area contributed by atoms with E-state index in [9.17, 15) is 4.39 Å². The third-order valence-corrected chi connectivity index (χ3v) is 5.12. The van der Waals surface area contributed by atoms with Crippen LogP contribution in [-0.2, 0) is 5.75 Å². The normalized spacial score (nSPS) is 13.8. The van der Waals surface area contributed by atoms with Crippen molar-refractivity contribution < 1.29 is 4.39 Å². The van der Waals surface area contributed by atoms with Crippen LogP contribution in [0.15, 0.2) is 24.3 Å². The highest BCUT2D eigenvalue weighted by Crippen LogP contribution is 2.22. The molecule has 0 aromatic heterocycles. The number of halogens is 1. The molecule has 0 bridgehead atoms. The lowest BCUT2D eigenvalue weighted by atomic mass is 10.1. The van der Waals surface area contributed by atoms with Crippen LogP contribution in [0.5, 0.6) is 0 Å². The molecule has 112 valence electrons. The Morgan fingerprint density at radius 2 is 1.65 bits per heavy atom. The third-order valence-electron chi connectivity index (χ3n) is 3.62. The molecular formula is C16H24FNS2. The van der Waals surface area contributed by atoms with Crippen LogP contribution in [0, 0.1) is 5.82 Å². The van der Waals surface area contributed by atoms with Gasteiger partial charge in [-0.3, -0.25) is 0 Å². The van der Waals surface area contributed by atoms with Crippen molar-refractivity contribution in [3.63, 3.8) is 0 Å². The summed E-state index contributed by atoms with van der Waals surface area (Å²) >= 11 is 7.27. The lowest BCUT2D eigenvalue weighted by molar-refractivity contribution is 0.260. The van der Waals surface area contributed by atoms with Crippen molar-refractivity contribution >= 4 is 28.3 Å². The van der Waals surface area contributed by atoms with Crippen LogP contribution < -0.4 is 0 Å². The number of hydrogen-bond donors (Lipinski definition) is 0. The first-order chi connectivity index (χ1) is 9.49. The second-order valence-electron chi connectivity index (χ2n) is 5.10. The Bertz CT molecular complexity index is 409. The first kappa shape index (κ1) is 17.4. The van der Waals surface area contributed by atoms with E-state index in [4.69, 9.17) is 12.2 Å². The Hall–Kier alpha value is -0.610. The molecule has 0 saturated heterocycles. The Kier molecular flexibility index (Phi) is 7.52. The molecule has 0 aliphatic heterocycles. The van der Waals surface area contributed by atoms with E-state index in [2.05, 4.69) is 32.6 Å². The number of thiocarbonyl (C=S) groups is 1. The fourth-order valence-corrected chi connectivity index (χ4v) is 3.52. The van der Waals surface area contributed by atoms with Gasteiger partial charge in [0.2, 0.25) is 0 Å². The SMILES string of the molecule is CCC(C)N(C(=S)SCc1ccc(F)cc1)C(C)CC. The zero-order valence-electron chi connectivity index (χ0n) is 12.7. The predicted molar refractivity (Wildman–Crippen MR) is 91.6 cm³/mol. The van der Waals surface area contributed by atoms with E-state index in [0.717, 1.165) is 28.5 Å². The van der Waals surface area contributed by atoms with Crippen molar-refractivity contribution in [3.05, 3.63) is 35.6 Å². The molecule has 1 nitrogen and oxygen atoms in total. The van der Waals surface area contributed by atoms with Crippen molar-refractivity contribution in [2.24, 2.45) is 0 Å². The molecule has 4 heteroatoms.